The van der Waals surface area contributed by atoms with Gasteiger partial charge in [-0.15, -0.1) is 0 Å². The van der Waals surface area contributed by atoms with Crippen LogP contribution >= 0.6 is 0 Å². The van der Waals surface area contributed by atoms with Gasteiger partial charge in [0.05, 0.1) is 6.10 Å². The molecule has 0 saturated heterocycles. The Morgan fingerprint density at radius 2 is 1.91 bits per heavy atom. The zero-order valence-corrected chi connectivity index (χ0v) is 13.1. The number of hydrogen-bond donors (Lipinski definition) is 2. The summed E-state index contributed by atoms with van der Waals surface area (Å²) in [6.45, 7) is 0.124. The molecule has 3 rings (SSSR count). The lowest BCUT2D eigenvalue weighted by molar-refractivity contribution is -0.176. The summed E-state index contributed by atoms with van der Waals surface area (Å²) in [7, 11) is 1.67. The van der Waals surface area contributed by atoms with E-state index in [2.05, 4.69) is 5.32 Å². The second-order valence-corrected chi connectivity index (χ2v) is 6.69. The van der Waals surface area contributed by atoms with Crippen molar-refractivity contribution in [3.63, 3.8) is 0 Å². The highest BCUT2D eigenvalue weighted by Gasteiger charge is 2.64. The van der Waals surface area contributed by atoms with Gasteiger partial charge >= 0.3 is 12.1 Å². The van der Waals surface area contributed by atoms with Crippen molar-refractivity contribution in [2.75, 3.05) is 7.11 Å². The van der Waals surface area contributed by atoms with E-state index in [4.69, 9.17) is 9.47 Å². The second kappa shape index (κ2) is 5.85. The topological polar surface area (TPSA) is 84.9 Å². The van der Waals surface area contributed by atoms with Crippen LogP contribution in [0.25, 0.3) is 0 Å². The zero-order chi connectivity index (χ0) is 16.5. The molecule has 0 radical (unpaired) electrons. The Morgan fingerprint density at radius 1 is 1.26 bits per heavy atom. The summed E-state index contributed by atoms with van der Waals surface area (Å²) >= 11 is 0. The first-order chi connectivity index (χ1) is 11.0. The predicted octanol–water partition coefficient (Wildman–Crippen LogP) is 2.33. The van der Waals surface area contributed by atoms with Gasteiger partial charge in [-0.3, -0.25) is 0 Å². The van der Waals surface area contributed by atoms with E-state index < -0.39 is 17.6 Å². The maximum atomic E-state index is 11.9. The fourth-order valence-corrected chi connectivity index (χ4v) is 3.84. The van der Waals surface area contributed by atoms with E-state index in [-0.39, 0.29) is 18.1 Å². The van der Waals surface area contributed by atoms with E-state index in [1.165, 1.54) is 0 Å². The number of methoxy groups -OCH3 is 1. The van der Waals surface area contributed by atoms with Gasteiger partial charge in [-0.05, 0) is 36.7 Å². The van der Waals surface area contributed by atoms with Gasteiger partial charge in [-0.25, -0.2) is 9.59 Å². The zero-order valence-electron chi connectivity index (χ0n) is 13.1. The minimum atomic E-state index is -1.20. The van der Waals surface area contributed by atoms with E-state index in [0.717, 1.165) is 18.4 Å². The van der Waals surface area contributed by atoms with Crippen LogP contribution in [0.1, 0.15) is 31.2 Å². The molecule has 0 aliphatic heterocycles. The monoisotopic (exact) mass is 319 g/mol. The number of carbonyl (C=O) groups excluding carboxylic acids is 1. The van der Waals surface area contributed by atoms with Crippen LogP contribution in [0.4, 0.5) is 4.79 Å². The summed E-state index contributed by atoms with van der Waals surface area (Å²) < 4.78 is 10.4. The number of alkyl carbamates (subject to hydrolysis) is 1. The normalized spacial score (nSPS) is 31.8. The number of carbonyl (C=O) groups is 2. The molecular formula is C17H21NO5. The molecule has 0 unspecified atom stereocenters. The van der Waals surface area contributed by atoms with E-state index in [9.17, 15) is 14.7 Å². The summed E-state index contributed by atoms with van der Waals surface area (Å²) in [4.78, 5) is 23.5. The van der Waals surface area contributed by atoms with Crippen molar-refractivity contribution in [1.29, 1.82) is 0 Å². The van der Waals surface area contributed by atoms with Gasteiger partial charge in [0.1, 0.15) is 12.1 Å². The molecule has 1 spiro atoms. The highest BCUT2D eigenvalue weighted by atomic mass is 16.5. The molecule has 1 aromatic rings. The number of carboxylic acids is 1. The van der Waals surface area contributed by atoms with Crippen molar-refractivity contribution in [3.8, 4) is 0 Å². The molecule has 0 bridgehead atoms. The summed E-state index contributed by atoms with van der Waals surface area (Å²) in [6, 6.07) is 9.28. The lowest BCUT2D eigenvalue weighted by Gasteiger charge is -2.60. The minimum absolute atomic E-state index is 0.00573. The molecule has 2 aliphatic carbocycles. The van der Waals surface area contributed by atoms with Gasteiger partial charge in [0.15, 0.2) is 0 Å². The van der Waals surface area contributed by atoms with Crippen LogP contribution in [0.3, 0.4) is 0 Å². The maximum absolute atomic E-state index is 11.9. The molecule has 1 aromatic carbocycles. The van der Waals surface area contributed by atoms with Crippen molar-refractivity contribution in [3.05, 3.63) is 35.9 Å². The molecule has 124 valence electrons. The summed E-state index contributed by atoms with van der Waals surface area (Å²) in [5, 5.41) is 12.0. The molecule has 2 saturated carbocycles. The first-order valence-electron chi connectivity index (χ1n) is 7.72. The molecule has 2 N–H and O–H groups in total. The Bertz CT molecular complexity index is 586. The third-order valence-corrected chi connectivity index (χ3v) is 4.97. The maximum Gasteiger partial charge on any atom is 0.408 e. The van der Waals surface area contributed by atoms with Crippen LogP contribution in [0, 0.1) is 5.41 Å². The van der Waals surface area contributed by atoms with Crippen LogP contribution in [0.15, 0.2) is 30.3 Å². The van der Waals surface area contributed by atoms with Crippen LogP contribution in [-0.4, -0.2) is 35.9 Å². The minimum Gasteiger partial charge on any atom is -0.480 e. The number of aliphatic carboxylic acids is 1. The van der Waals surface area contributed by atoms with Crippen LogP contribution in [-0.2, 0) is 20.9 Å². The predicted molar refractivity (Wildman–Crippen MR) is 81.8 cm³/mol. The number of nitrogens with one attached hydrogen (secondary N) is 1. The summed E-state index contributed by atoms with van der Waals surface area (Å²) in [5.74, 6) is -0.999. The fourth-order valence-electron chi connectivity index (χ4n) is 3.84. The largest absolute Gasteiger partial charge is 0.480 e. The Kier molecular flexibility index (Phi) is 4.02. The average Bonchev–Trinajstić information content (AvgIpc) is 2.47. The number of rotatable bonds is 5. The van der Waals surface area contributed by atoms with Crippen molar-refractivity contribution in [1.82, 2.24) is 5.32 Å². The third-order valence-electron chi connectivity index (χ3n) is 4.97. The fraction of sp³-hybridized carbons (Fsp3) is 0.529. The van der Waals surface area contributed by atoms with Crippen molar-refractivity contribution < 1.29 is 24.2 Å². The van der Waals surface area contributed by atoms with E-state index >= 15 is 0 Å². The molecule has 23 heavy (non-hydrogen) atoms. The SMILES string of the molecule is COC1CC2(C1)CC(NC(=O)OCc1ccccc1)(C(=O)O)C2. The highest BCUT2D eigenvalue weighted by Crippen LogP contribution is 2.61. The van der Waals surface area contributed by atoms with E-state index in [0.29, 0.717) is 12.8 Å². The van der Waals surface area contributed by atoms with Crippen LogP contribution < -0.4 is 5.32 Å². The average molecular weight is 319 g/mol. The molecule has 0 atom stereocenters. The molecule has 6 nitrogen and oxygen atoms in total. The number of benzene rings is 1. The van der Waals surface area contributed by atoms with Crippen molar-refractivity contribution in [2.45, 2.75) is 43.9 Å². The van der Waals surface area contributed by atoms with Gasteiger partial charge in [-0.1, -0.05) is 30.3 Å². The van der Waals surface area contributed by atoms with Gasteiger partial charge in [0.2, 0.25) is 0 Å². The highest BCUT2D eigenvalue weighted by molar-refractivity contribution is 5.86. The Morgan fingerprint density at radius 3 is 2.48 bits per heavy atom. The van der Waals surface area contributed by atoms with Gasteiger partial charge in [0, 0.05) is 7.11 Å². The van der Waals surface area contributed by atoms with Gasteiger partial charge in [-0.2, -0.15) is 0 Å². The number of amides is 1. The Balaban J connectivity index is 1.53. The van der Waals surface area contributed by atoms with Crippen LogP contribution in [0.2, 0.25) is 0 Å². The molecule has 2 fully saturated rings. The lowest BCUT2D eigenvalue weighted by atomic mass is 9.47. The molecule has 2 aliphatic rings. The molecular weight excluding hydrogens is 298 g/mol. The van der Waals surface area contributed by atoms with Crippen molar-refractivity contribution >= 4 is 12.1 Å². The lowest BCUT2D eigenvalue weighted by Crippen LogP contribution is -2.70. The smallest absolute Gasteiger partial charge is 0.408 e. The van der Waals surface area contributed by atoms with E-state index in [1.807, 2.05) is 30.3 Å². The molecule has 0 aromatic heterocycles. The third kappa shape index (κ3) is 3.03. The Labute approximate surface area is 134 Å². The summed E-state index contributed by atoms with van der Waals surface area (Å²) in [5.41, 5.74) is -0.336. The molecule has 6 heteroatoms. The number of hydrogen-bond acceptors (Lipinski definition) is 4. The summed E-state index contributed by atoms with van der Waals surface area (Å²) in [6.07, 6.45) is 2.13. The Hall–Kier alpha value is -2.08. The number of ether oxygens (including phenoxy) is 2. The molecule has 1 amide bonds. The van der Waals surface area contributed by atoms with Gasteiger partial charge < -0.3 is 19.9 Å². The van der Waals surface area contributed by atoms with Crippen molar-refractivity contribution in [2.24, 2.45) is 5.41 Å². The quantitative estimate of drug-likeness (QED) is 0.870. The first kappa shape index (κ1) is 15.8. The standard InChI is InChI=1S/C17H21NO5/c1-22-13-7-16(8-13)10-17(11-16,14(19)20)18-15(21)23-9-12-5-3-2-4-6-12/h2-6,13H,7-11H2,1H3,(H,18,21)(H,19,20). The number of carboxylic acid groups (broad SMARTS) is 1. The van der Waals surface area contributed by atoms with Gasteiger partial charge in [0.25, 0.3) is 0 Å². The second-order valence-electron chi connectivity index (χ2n) is 6.69. The van der Waals surface area contributed by atoms with E-state index in [1.54, 1.807) is 7.11 Å². The molecule has 0 heterocycles. The first-order valence-corrected chi connectivity index (χ1v) is 7.72. The van der Waals surface area contributed by atoms with Crippen LogP contribution in [0.5, 0.6) is 0 Å².